The van der Waals surface area contributed by atoms with E-state index in [0.717, 1.165) is 23.4 Å². The van der Waals surface area contributed by atoms with Crippen LogP contribution in [0.2, 0.25) is 5.02 Å². The quantitative estimate of drug-likeness (QED) is 0.380. The normalized spacial score (nSPS) is 12.0. The van der Waals surface area contributed by atoms with Crippen molar-refractivity contribution in [3.05, 3.63) is 50.9 Å². The van der Waals surface area contributed by atoms with E-state index >= 15 is 0 Å². The van der Waals surface area contributed by atoms with E-state index in [1.54, 1.807) is 30.8 Å². The van der Waals surface area contributed by atoms with Crippen LogP contribution in [0.15, 0.2) is 34.2 Å². The number of halogens is 1. The van der Waals surface area contributed by atoms with E-state index in [-0.39, 0.29) is 11.5 Å². The molecule has 1 atom stereocenters. The molecule has 0 saturated heterocycles. The minimum absolute atomic E-state index is 0.172. The van der Waals surface area contributed by atoms with Gasteiger partial charge in [0, 0.05) is 22.5 Å². The van der Waals surface area contributed by atoms with E-state index in [0.29, 0.717) is 21.6 Å². The average Bonchev–Trinajstić information content (AvgIpc) is 2.58. The van der Waals surface area contributed by atoms with Gasteiger partial charge in [0.05, 0.1) is 10.9 Å². The molecule has 0 spiro atoms. The third-order valence-electron chi connectivity index (χ3n) is 3.55. The number of nitrogens with one attached hydrogen (secondary N) is 2. The van der Waals surface area contributed by atoms with Gasteiger partial charge in [0.25, 0.3) is 5.56 Å². The maximum absolute atomic E-state index is 12.5. The van der Waals surface area contributed by atoms with Crippen LogP contribution in [-0.2, 0) is 10.5 Å². The second kappa shape index (κ2) is 10.0. The van der Waals surface area contributed by atoms with Crippen molar-refractivity contribution in [2.75, 3.05) is 11.1 Å². The molecular formula is C18H22ClN3O2S2. The maximum Gasteiger partial charge on any atom is 0.251 e. The smallest absolute Gasteiger partial charge is 0.251 e. The van der Waals surface area contributed by atoms with Gasteiger partial charge in [-0.3, -0.25) is 9.59 Å². The van der Waals surface area contributed by atoms with Crippen molar-refractivity contribution >= 4 is 46.7 Å². The fourth-order valence-corrected chi connectivity index (χ4v) is 3.93. The average molecular weight is 412 g/mol. The molecule has 140 valence electrons. The first-order valence-electron chi connectivity index (χ1n) is 8.31. The van der Waals surface area contributed by atoms with Crippen molar-refractivity contribution in [3.63, 3.8) is 0 Å². The number of amides is 1. The second-order valence-electron chi connectivity index (χ2n) is 5.76. The summed E-state index contributed by atoms with van der Waals surface area (Å²) in [6, 6.07) is 6.88. The van der Waals surface area contributed by atoms with E-state index in [4.69, 9.17) is 11.6 Å². The summed E-state index contributed by atoms with van der Waals surface area (Å²) in [5.74, 6) is 1.54. The van der Waals surface area contributed by atoms with Crippen molar-refractivity contribution < 1.29 is 4.79 Å². The Labute approximate surface area is 166 Å². The Morgan fingerprint density at radius 3 is 2.92 bits per heavy atom. The molecule has 2 rings (SSSR count). The molecule has 2 N–H and O–H groups in total. The standard InChI is InChI=1S/C18H22ClN3O2S2/c1-4-8-25-10-13-9-16(23)22-18(20-13)26-12(3)17(24)21-15-7-5-6-14(19)11(15)2/h5-7,9,12H,4,8,10H2,1-3H3,(H,21,24)(H,20,22,23). The monoisotopic (exact) mass is 411 g/mol. The number of anilines is 1. The first kappa shape index (κ1) is 20.9. The number of rotatable bonds is 8. The Bertz CT molecular complexity index is 826. The number of carbonyl (C=O) groups excluding carboxylic acids is 1. The molecule has 0 saturated carbocycles. The number of thioether (sulfide) groups is 2. The molecule has 2 aromatic rings. The number of aromatic nitrogens is 2. The summed E-state index contributed by atoms with van der Waals surface area (Å²) in [5.41, 5.74) is 2.03. The predicted octanol–water partition coefficient (Wildman–Crippen LogP) is 4.49. The van der Waals surface area contributed by atoms with Crippen LogP contribution in [-0.4, -0.2) is 26.9 Å². The molecule has 0 aliphatic rings. The fraction of sp³-hybridized carbons (Fsp3) is 0.389. The van der Waals surface area contributed by atoms with Gasteiger partial charge >= 0.3 is 0 Å². The Morgan fingerprint density at radius 2 is 2.19 bits per heavy atom. The van der Waals surface area contributed by atoms with Crippen LogP contribution < -0.4 is 10.9 Å². The van der Waals surface area contributed by atoms with Gasteiger partial charge in [-0.15, -0.1) is 0 Å². The second-order valence-corrected chi connectivity index (χ2v) is 8.60. The van der Waals surface area contributed by atoms with Crippen LogP contribution in [0.3, 0.4) is 0 Å². The van der Waals surface area contributed by atoms with Crippen LogP contribution in [0, 0.1) is 6.92 Å². The van der Waals surface area contributed by atoms with Gasteiger partial charge in [0.1, 0.15) is 0 Å². The Kier molecular flexibility index (Phi) is 8.06. The highest BCUT2D eigenvalue weighted by molar-refractivity contribution is 8.00. The molecule has 0 fully saturated rings. The molecule has 1 amide bonds. The summed E-state index contributed by atoms with van der Waals surface area (Å²) < 4.78 is 0. The number of aromatic amines is 1. The zero-order valence-corrected chi connectivity index (χ0v) is 17.4. The van der Waals surface area contributed by atoms with Gasteiger partial charge in [-0.25, -0.2) is 4.98 Å². The van der Waals surface area contributed by atoms with Crippen molar-refractivity contribution in [1.82, 2.24) is 9.97 Å². The van der Waals surface area contributed by atoms with Crippen LogP contribution in [0.4, 0.5) is 5.69 Å². The summed E-state index contributed by atoms with van der Waals surface area (Å²) >= 11 is 9.05. The largest absolute Gasteiger partial charge is 0.325 e. The number of nitrogens with zero attached hydrogens (tertiary/aromatic N) is 1. The third-order valence-corrected chi connectivity index (χ3v) is 6.15. The number of carbonyl (C=O) groups is 1. The lowest BCUT2D eigenvalue weighted by Crippen LogP contribution is -2.23. The lowest BCUT2D eigenvalue weighted by atomic mass is 10.2. The minimum Gasteiger partial charge on any atom is -0.325 e. The van der Waals surface area contributed by atoms with E-state index < -0.39 is 5.25 Å². The third kappa shape index (κ3) is 6.07. The van der Waals surface area contributed by atoms with Crippen LogP contribution in [0.25, 0.3) is 0 Å². The summed E-state index contributed by atoms with van der Waals surface area (Å²) in [4.78, 5) is 31.4. The molecule has 1 aromatic carbocycles. The molecule has 0 aliphatic heterocycles. The summed E-state index contributed by atoms with van der Waals surface area (Å²) in [6.07, 6.45) is 1.08. The van der Waals surface area contributed by atoms with E-state index in [1.165, 1.54) is 17.8 Å². The molecule has 8 heteroatoms. The van der Waals surface area contributed by atoms with Crippen LogP contribution in [0.5, 0.6) is 0 Å². The van der Waals surface area contributed by atoms with Gasteiger partial charge in [0.15, 0.2) is 5.16 Å². The van der Waals surface area contributed by atoms with Gasteiger partial charge in [-0.2, -0.15) is 11.8 Å². The molecule has 1 aromatic heterocycles. The van der Waals surface area contributed by atoms with Crippen molar-refractivity contribution in [1.29, 1.82) is 0 Å². The SMILES string of the molecule is CCCSCc1cc(=O)[nH]c(SC(C)C(=O)Nc2cccc(Cl)c2C)n1. The first-order valence-corrected chi connectivity index (χ1v) is 10.7. The van der Waals surface area contributed by atoms with Gasteiger partial charge < -0.3 is 10.3 Å². The van der Waals surface area contributed by atoms with Crippen molar-refractivity contribution in [2.24, 2.45) is 0 Å². The zero-order valence-electron chi connectivity index (χ0n) is 15.0. The molecule has 0 bridgehead atoms. The van der Waals surface area contributed by atoms with Gasteiger partial charge in [-0.05, 0) is 43.7 Å². The van der Waals surface area contributed by atoms with E-state index in [1.807, 2.05) is 13.0 Å². The Hall–Kier alpha value is -1.44. The lowest BCUT2D eigenvalue weighted by molar-refractivity contribution is -0.115. The Balaban J connectivity index is 2.04. The molecule has 5 nitrogen and oxygen atoms in total. The molecule has 1 heterocycles. The Morgan fingerprint density at radius 1 is 1.42 bits per heavy atom. The van der Waals surface area contributed by atoms with Crippen LogP contribution in [0.1, 0.15) is 31.5 Å². The molecular weight excluding hydrogens is 390 g/mol. The van der Waals surface area contributed by atoms with Gasteiger partial charge in [-0.1, -0.05) is 36.4 Å². The molecule has 1 unspecified atom stereocenters. The van der Waals surface area contributed by atoms with Crippen LogP contribution >= 0.6 is 35.1 Å². The number of hydrogen-bond donors (Lipinski definition) is 2. The zero-order chi connectivity index (χ0) is 19.1. The number of H-pyrrole nitrogens is 1. The predicted molar refractivity (Wildman–Crippen MR) is 111 cm³/mol. The topological polar surface area (TPSA) is 74.8 Å². The number of benzene rings is 1. The summed E-state index contributed by atoms with van der Waals surface area (Å²) in [7, 11) is 0. The molecule has 26 heavy (non-hydrogen) atoms. The molecule has 0 radical (unpaired) electrons. The lowest BCUT2D eigenvalue weighted by Gasteiger charge is -2.14. The molecule has 0 aliphatic carbocycles. The highest BCUT2D eigenvalue weighted by Gasteiger charge is 2.17. The van der Waals surface area contributed by atoms with E-state index in [9.17, 15) is 9.59 Å². The summed E-state index contributed by atoms with van der Waals surface area (Å²) in [6.45, 7) is 5.74. The minimum atomic E-state index is -0.421. The number of hydrogen-bond acceptors (Lipinski definition) is 5. The maximum atomic E-state index is 12.5. The highest BCUT2D eigenvalue weighted by atomic mass is 35.5. The highest BCUT2D eigenvalue weighted by Crippen LogP contribution is 2.25. The van der Waals surface area contributed by atoms with E-state index in [2.05, 4.69) is 22.2 Å². The van der Waals surface area contributed by atoms with Gasteiger partial charge in [0.2, 0.25) is 5.91 Å². The van der Waals surface area contributed by atoms with Crippen molar-refractivity contribution in [3.8, 4) is 0 Å². The summed E-state index contributed by atoms with van der Waals surface area (Å²) in [5, 5.41) is 3.51. The fourth-order valence-electron chi connectivity index (χ4n) is 2.13. The first-order chi connectivity index (χ1) is 12.4. The van der Waals surface area contributed by atoms with Crippen molar-refractivity contribution in [2.45, 2.75) is 43.4 Å².